The molecule has 0 heterocycles. The van der Waals surface area contributed by atoms with Gasteiger partial charge in [0.1, 0.15) is 17.4 Å². The molecule has 2 aromatic carbocycles. The van der Waals surface area contributed by atoms with E-state index >= 15 is 0 Å². The lowest BCUT2D eigenvalue weighted by Crippen LogP contribution is -2.17. The summed E-state index contributed by atoms with van der Waals surface area (Å²) in [6.45, 7) is 0. The Bertz CT molecular complexity index is 757. The number of benzene rings is 2. The van der Waals surface area contributed by atoms with Gasteiger partial charge in [-0.25, -0.2) is 0 Å². The van der Waals surface area contributed by atoms with Crippen molar-refractivity contribution in [3.05, 3.63) is 59.7 Å². The van der Waals surface area contributed by atoms with E-state index in [9.17, 15) is 14.9 Å². The van der Waals surface area contributed by atoms with Crippen molar-refractivity contribution in [2.24, 2.45) is 5.92 Å². The maximum atomic E-state index is 12.4. The number of ether oxygens (including phenoxy) is 2. The summed E-state index contributed by atoms with van der Waals surface area (Å²) in [7, 11) is 3.07. The van der Waals surface area contributed by atoms with Gasteiger partial charge in [-0.05, 0) is 48.5 Å². The minimum absolute atomic E-state index is 0.159. The van der Waals surface area contributed by atoms with Crippen LogP contribution < -0.4 is 9.47 Å². The molecule has 2 aromatic rings. The van der Waals surface area contributed by atoms with Crippen LogP contribution in [0.5, 0.6) is 11.5 Å². The lowest BCUT2D eigenvalue weighted by molar-refractivity contribution is 0.0882. The smallest absolute Gasteiger partial charge is 0.180 e. The Hall–Kier alpha value is -3.13. The second kappa shape index (κ2) is 7.93. The Morgan fingerprint density at radius 3 is 1.79 bits per heavy atom. The van der Waals surface area contributed by atoms with Gasteiger partial charge in [-0.3, -0.25) is 9.59 Å². The van der Waals surface area contributed by atoms with Gasteiger partial charge in [0.05, 0.1) is 20.3 Å². The normalized spacial score (nSPS) is 11.2. The molecule has 0 aromatic heterocycles. The molecule has 122 valence electrons. The van der Waals surface area contributed by atoms with Gasteiger partial charge in [0.2, 0.25) is 0 Å². The topological polar surface area (TPSA) is 76.4 Å². The number of rotatable bonds is 7. The largest absolute Gasteiger partial charge is 0.497 e. The maximum absolute atomic E-state index is 12.4. The number of nitriles is 1. The van der Waals surface area contributed by atoms with E-state index in [1.807, 2.05) is 6.07 Å². The third-order valence-corrected chi connectivity index (χ3v) is 3.65. The Morgan fingerprint density at radius 1 is 0.917 bits per heavy atom. The number of Topliss-reactive ketones (excluding diaryl/α,β-unsaturated/α-hetero) is 2. The average molecular weight is 323 g/mol. The molecule has 0 amide bonds. The predicted octanol–water partition coefficient (Wildman–Crippen LogP) is 3.30. The summed E-state index contributed by atoms with van der Waals surface area (Å²) in [6, 6.07) is 15.0. The Kier molecular flexibility index (Phi) is 5.69. The van der Waals surface area contributed by atoms with Crippen molar-refractivity contribution in [2.45, 2.75) is 6.42 Å². The van der Waals surface area contributed by atoms with Crippen molar-refractivity contribution in [3.63, 3.8) is 0 Å². The maximum Gasteiger partial charge on any atom is 0.180 e. The molecule has 0 aliphatic heterocycles. The third-order valence-electron chi connectivity index (χ3n) is 3.65. The van der Waals surface area contributed by atoms with Crippen molar-refractivity contribution < 1.29 is 19.1 Å². The molecular weight excluding hydrogens is 306 g/mol. The fourth-order valence-corrected chi connectivity index (χ4v) is 2.23. The standard InChI is InChI=1S/C19H17NO4/c1-23-16-7-3-13(4-8-16)18(21)11-15(12-20)19(22)14-5-9-17(24-2)10-6-14/h3-10,15H,11H2,1-2H3. The lowest BCUT2D eigenvalue weighted by Gasteiger charge is -2.09. The number of carbonyl (C=O) groups excluding carboxylic acids is 2. The van der Waals surface area contributed by atoms with Crippen LogP contribution in [-0.2, 0) is 0 Å². The number of hydrogen-bond donors (Lipinski definition) is 0. The Morgan fingerprint density at radius 2 is 1.38 bits per heavy atom. The molecule has 0 N–H and O–H groups in total. The van der Waals surface area contributed by atoms with Gasteiger partial charge < -0.3 is 9.47 Å². The van der Waals surface area contributed by atoms with E-state index in [0.717, 1.165) is 0 Å². The first-order valence-electron chi connectivity index (χ1n) is 7.34. The van der Waals surface area contributed by atoms with Crippen molar-refractivity contribution >= 4 is 11.6 Å². The summed E-state index contributed by atoms with van der Waals surface area (Å²) in [5, 5.41) is 9.27. The first kappa shape index (κ1) is 17.2. The van der Waals surface area contributed by atoms with Crippen molar-refractivity contribution in [2.75, 3.05) is 14.2 Å². The minimum Gasteiger partial charge on any atom is -0.497 e. The molecule has 1 unspecified atom stereocenters. The molecule has 1 atom stereocenters. The van der Waals surface area contributed by atoms with Crippen molar-refractivity contribution in [3.8, 4) is 17.6 Å². The van der Waals surface area contributed by atoms with E-state index < -0.39 is 5.92 Å². The van der Waals surface area contributed by atoms with Gasteiger partial charge >= 0.3 is 0 Å². The van der Waals surface area contributed by atoms with Crippen LogP contribution in [0.25, 0.3) is 0 Å². The van der Waals surface area contributed by atoms with E-state index in [0.29, 0.717) is 22.6 Å². The molecular formula is C19H17NO4. The second-order valence-electron chi connectivity index (χ2n) is 5.13. The summed E-state index contributed by atoms with van der Waals surface area (Å²) < 4.78 is 10.1. The predicted molar refractivity (Wildman–Crippen MR) is 88.4 cm³/mol. The lowest BCUT2D eigenvalue weighted by atomic mass is 9.92. The van der Waals surface area contributed by atoms with E-state index in [-0.39, 0.29) is 18.0 Å². The molecule has 24 heavy (non-hydrogen) atoms. The zero-order valence-electron chi connectivity index (χ0n) is 13.5. The minimum atomic E-state index is -1.02. The highest BCUT2D eigenvalue weighted by Gasteiger charge is 2.23. The number of nitrogens with zero attached hydrogens (tertiary/aromatic N) is 1. The van der Waals surface area contributed by atoms with Gasteiger partial charge in [0, 0.05) is 17.5 Å². The van der Waals surface area contributed by atoms with E-state index in [1.54, 1.807) is 48.5 Å². The summed E-state index contributed by atoms with van der Waals surface area (Å²) in [6.07, 6.45) is -0.159. The number of hydrogen-bond acceptors (Lipinski definition) is 5. The molecule has 0 fully saturated rings. The molecule has 0 aliphatic carbocycles. The second-order valence-corrected chi connectivity index (χ2v) is 5.13. The molecule has 0 aliphatic rings. The Balaban J connectivity index is 2.10. The molecule has 0 radical (unpaired) electrons. The molecule has 0 saturated carbocycles. The third kappa shape index (κ3) is 3.99. The SMILES string of the molecule is COc1ccc(C(=O)CC(C#N)C(=O)c2ccc(OC)cc2)cc1. The zero-order chi connectivity index (χ0) is 17.5. The van der Waals surface area contributed by atoms with Gasteiger partial charge in [-0.2, -0.15) is 5.26 Å². The monoisotopic (exact) mass is 323 g/mol. The van der Waals surface area contributed by atoms with Crippen LogP contribution in [0.2, 0.25) is 0 Å². The summed E-state index contributed by atoms with van der Waals surface area (Å²) in [5.41, 5.74) is 0.823. The average Bonchev–Trinajstić information content (AvgIpc) is 2.65. The highest BCUT2D eigenvalue weighted by atomic mass is 16.5. The molecule has 2 rings (SSSR count). The number of methoxy groups -OCH3 is 2. The van der Waals surface area contributed by atoms with Crippen LogP contribution in [0.15, 0.2) is 48.5 Å². The highest BCUT2D eigenvalue weighted by molar-refractivity contribution is 6.04. The molecule has 5 nitrogen and oxygen atoms in total. The van der Waals surface area contributed by atoms with Crippen LogP contribution in [0.4, 0.5) is 0 Å². The summed E-state index contributed by atoms with van der Waals surface area (Å²) in [5.74, 6) is -0.395. The molecule has 0 saturated heterocycles. The van der Waals surface area contributed by atoms with E-state index in [1.165, 1.54) is 14.2 Å². The van der Waals surface area contributed by atoms with Crippen LogP contribution in [0.1, 0.15) is 27.1 Å². The zero-order valence-corrected chi connectivity index (χ0v) is 13.5. The van der Waals surface area contributed by atoms with Gasteiger partial charge in [0.25, 0.3) is 0 Å². The van der Waals surface area contributed by atoms with Gasteiger partial charge in [-0.15, -0.1) is 0 Å². The van der Waals surface area contributed by atoms with Crippen LogP contribution in [0, 0.1) is 17.2 Å². The summed E-state index contributed by atoms with van der Waals surface area (Å²) >= 11 is 0. The fraction of sp³-hybridized carbons (Fsp3) is 0.211. The van der Waals surface area contributed by atoms with Gasteiger partial charge in [-0.1, -0.05) is 0 Å². The first-order chi connectivity index (χ1) is 11.6. The molecule has 0 spiro atoms. The van der Waals surface area contributed by atoms with Crippen molar-refractivity contribution in [1.29, 1.82) is 5.26 Å². The Labute approximate surface area is 140 Å². The van der Waals surface area contributed by atoms with Crippen LogP contribution in [0.3, 0.4) is 0 Å². The molecule has 0 bridgehead atoms. The first-order valence-corrected chi connectivity index (χ1v) is 7.34. The van der Waals surface area contributed by atoms with Gasteiger partial charge in [0.15, 0.2) is 11.6 Å². The summed E-state index contributed by atoms with van der Waals surface area (Å²) in [4.78, 5) is 24.7. The van der Waals surface area contributed by atoms with Crippen LogP contribution in [-0.4, -0.2) is 25.8 Å². The highest BCUT2D eigenvalue weighted by Crippen LogP contribution is 2.19. The fourth-order valence-electron chi connectivity index (χ4n) is 2.23. The molecule has 5 heteroatoms. The van der Waals surface area contributed by atoms with E-state index in [4.69, 9.17) is 9.47 Å². The van der Waals surface area contributed by atoms with E-state index in [2.05, 4.69) is 0 Å². The van der Waals surface area contributed by atoms with Crippen LogP contribution >= 0.6 is 0 Å². The quantitative estimate of drug-likeness (QED) is 0.731. The number of carbonyl (C=O) groups is 2. The number of ketones is 2. The van der Waals surface area contributed by atoms with Crippen molar-refractivity contribution in [1.82, 2.24) is 0 Å².